The fourth-order valence-electron chi connectivity index (χ4n) is 1.58. The minimum absolute atomic E-state index is 0.182. The SMILES string of the molecule is Cc1ccc(Br)c(C(=O)N(C)CC(C)C(=O)O)c1. The van der Waals surface area contributed by atoms with Crippen molar-refractivity contribution in [2.75, 3.05) is 13.6 Å². The van der Waals surface area contributed by atoms with Crippen LogP contribution in [0.25, 0.3) is 0 Å². The molecule has 0 radical (unpaired) electrons. The Hall–Kier alpha value is -1.36. The molecule has 0 saturated carbocycles. The van der Waals surface area contributed by atoms with Crippen molar-refractivity contribution >= 4 is 27.8 Å². The van der Waals surface area contributed by atoms with E-state index in [4.69, 9.17) is 5.11 Å². The summed E-state index contributed by atoms with van der Waals surface area (Å²) in [6.45, 7) is 3.68. The minimum atomic E-state index is -0.905. The number of aliphatic carboxylic acids is 1. The second-order valence-corrected chi connectivity index (χ2v) is 5.26. The van der Waals surface area contributed by atoms with Gasteiger partial charge in [0.15, 0.2) is 0 Å². The normalized spacial score (nSPS) is 12.0. The molecule has 5 heteroatoms. The van der Waals surface area contributed by atoms with E-state index in [1.165, 1.54) is 4.90 Å². The maximum Gasteiger partial charge on any atom is 0.308 e. The predicted molar refractivity (Wildman–Crippen MR) is 72.6 cm³/mol. The van der Waals surface area contributed by atoms with Gasteiger partial charge in [-0.15, -0.1) is 0 Å². The Bertz CT molecular complexity index is 473. The smallest absolute Gasteiger partial charge is 0.308 e. The van der Waals surface area contributed by atoms with Crippen molar-refractivity contribution in [3.8, 4) is 0 Å². The number of aryl methyl sites for hydroxylation is 1. The molecule has 0 fully saturated rings. The third-order valence-electron chi connectivity index (χ3n) is 2.67. The van der Waals surface area contributed by atoms with Gasteiger partial charge in [-0.3, -0.25) is 9.59 Å². The molecular weight excluding hydrogens is 298 g/mol. The highest BCUT2D eigenvalue weighted by atomic mass is 79.9. The first-order valence-corrected chi connectivity index (χ1v) is 6.36. The molecule has 98 valence electrons. The van der Waals surface area contributed by atoms with Crippen LogP contribution in [0.4, 0.5) is 0 Å². The van der Waals surface area contributed by atoms with Gasteiger partial charge in [0.05, 0.1) is 11.5 Å². The molecule has 0 aromatic heterocycles. The number of hydrogen-bond acceptors (Lipinski definition) is 2. The van der Waals surface area contributed by atoms with Crippen LogP contribution in [0.1, 0.15) is 22.8 Å². The maximum absolute atomic E-state index is 12.2. The first-order chi connectivity index (χ1) is 8.32. The van der Waals surface area contributed by atoms with Crippen LogP contribution < -0.4 is 0 Å². The largest absolute Gasteiger partial charge is 0.481 e. The van der Waals surface area contributed by atoms with E-state index in [2.05, 4.69) is 15.9 Å². The maximum atomic E-state index is 12.2. The first-order valence-electron chi connectivity index (χ1n) is 5.57. The number of hydrogen-bond donors (Lipinski definition) is 1. The van der Waals surface area contributed by atoms with Crippen molar-refractivity contribution in [1.29, 1.82) is 0 Å². The highest BCUT2D eigenvalue weighted by Crippen LogP contribution is 2.20. The standard InChI is InChI=1S/C13H16BrNO3/c1-8-4-5-11(14)10(6-8)12(16)15(3)7-9(2)13(17)18/h4-6,9H,7H2,1-3H3,(H,17,18). The van der Waals surface area contributed by atoms with Crippen LogP contribution in [-0.2, 0) is 4.79 Å². The summed E-state index contributed by atoms with van der Waals surface area (Å²) < 4.78 is 0.716. The van der Waals surface area contributed by atoms with Crippen LogP contribution in [0, 0.1) is 12.8 Å². The molecule has 1 amide bonds. The van der Waals surface area contributed by atoms with Crippen molar-refractivity contribution < 1.29 is 14.7 Å². The van der Waals surface area contributed by atoms with E-state index in [0.717, 1.165) is 5.56 Å². The molecule has 1 aromatic carbocycles. The number of carboxylic acid groups (broad SMARTS) is 1. The molecule has 0 heterocycles. The Morgan fingerprint density at radius 1 is 1.44 bits per heavy atom. The third kappa shape index (κ3) is 3.57. The number of rotatable bonds is 4. The lowest BCUT2D eigenvalue weighted by atomic mass is 10.1. The van der Waals surface area contributed by atoms with Crippen LogP contribution in [0.15, 0.2) is 22.7 Å². The Morgan fingerprint density at radius 2 is 2.06 bits per heavy atom. The average molecular weight is 314 g/mol. The van der Waals surface area contributed by atoms with Crippen molar-refractivity contribution in [3.05, 3.63) is 33.8 Å². The van der Waals surface area contributed by atoms with Gasteiger partial charge >= 0.3 is 5.97 Å². The van der Waals surface area contributed by atoms with Gasteiger partial charge in [-0.2, -0.15) is 0 Å². The Balaban J connectivity index is 2.86. The summed E-state index contributed by atoms with van der Waals surface area (Å²) in [6.07, 6.45) is 0. The molecule has 4 nitrogen and oxygen atoms in total. The molecular formula is C13H16BrNO3. The number of carbonyl (C=O) groups excluding carboxylic acids is 1. The topological polar surface area (TPSA) is 57.6 Å². The number of benzene rings is 1. The van der Waals surface area contributed by atoms with E-state index in [1.54, 1.807) is 20.0 Å². The fourth-order valence-corrected chi connectivity index (χ4v) is 2.00. The molecule has 0 aliphatic rings. The Morgan fingerprint density at radius 3 is 2.61 bits per heavy atom. The Labute approximate surface area is 115 Å². The van der Waals surface area contributed by atoms with Gasteiger partial charge in [-0.25, -0.2) is 0 Å². The van der Waals surface area contributed by atoms with E-state index >= 15 is 0 Å². The lowest BCUT2D eigenvalue weighted by Crippen LogP contribution is -2.33. The van der Waals surface area contributed by atoms with Crippen LogP contribution in [0.2, 0.25) is 0 Å². The van der Waals surface area contributed by atoms with Gasteiger partial charge < -0.3 is 10.0 Å². The van der Waals surface area contributed by atoms with E-state index in [9.17, 15) is 9.59 Å². The molecule has 0 saturated heterocycles. The molecule has 0 bridgehead atoms. The molecule has 1 atom stereocenters. The molecule has 0 aliphatic carbocycles. The highest BCUT2D eigenvalue weighted by molar-refractivity contribution is 9.10. The second kappa shape index (κ2) is 6.00. The molecule has 0 aliphatic heterocycles. The first kappa shape index (κ1) is 14.7. The number of nitrogens with zero attached hydrogens (tertiary/aromatic N) is 1. The van der Waals surface area contributed by atoms with E-state index in [1.807, 2.05) is 19.1 Å². The van der Waals surface area contributed by atoms with Gasteiger partial charge in [-0.1, -0.05) is 18.6 Å². The van der Waals surface area contributed by atoms with Crippen LogP contribution in [0.3, 0.4) is 0 Å². The van der Waals surface area contributed by atoms with Crippen LogP contribution in [-0.4, -0.2) is 35.5 Å². The monoisotopic (exact) mass is 313 g/mol. The summed E-state index contributed by atoms with van der Waals surface area (Å²) >= 11 is 3.33. The number of amides is 1. The molecule has 18 heavy (non-hydrogen) atoms. The summed E-state index contributed by atoms with van der Waals surface area (Å²) in [5.41, 5.74) is 1.54. The van der Waals surface area contributed by atoms with E-state index in [0.29, 0.717) is 10.0 Å². The predicted octanol–water partition coefficient (Wildman–Crippen LogP) is 2.55. The number of carbonyl (C=O) groups is 2. The Kier molecular flexibility index (Phi) is 4.90. The number of halogens is 1. The molecule has 1 unspecified atom stereocenters. The molecule has 1 aromatic rings. The average Bonchev–Trinajstić information content (AvgIpc) is 2.31. The molecule has 1 N–H and O–H groups in total. The minimum Gasteiger partial charge on any atom is -0.481 e. The zero-order valence-corrected chi connectivity index (χ0v) is 12.2. The van der Waals surface area contributed by atoms with E-state index in [-0.39, 0.29) is 12.5 Å². The van der Waals surface area contributed by atoms with Crippen molar-refractivity contribution in [1.82, 2.24) is 4.90 Å². The third-order valence-corrected chi connectivity index (χ3v) is 3.36. The summed E-state index contributed by atoms with van der Waals surface area (Å²) in [6, 6.07) is 5.51. The van der Waals surface area contributed by atoms with Crippen molar-refractivity contribution in [2.45, 2.75) is 13.8 Å². The fraction of sp³-hybridized carbons (Fsp3) is 0.385. The summed E-state index contributed by atoms with van der Waals surface area (Å²) in [4.78, 5) is 24.4. The van der Waals surface area contributed by atoms with Gasteiger partial charge in [0.2, 0.25) is 0 Å². The summed E-state index contributed by atoms with van der Waals surface area (Å²) in [5, 5.41) is 8.83. The van der Waals surface area contributed by atoms with E-state index < -0.39 is 11.9 Å². The lowest BCUT2D eigenvalue weighted by molar-refractivity contribution is -0.141. The van der Waals surface area contributed by atoms with Gasteiger partial charge in [0.25, 0.3) is 5.91 Å². The highest BCUT2D eigenvalue weighted by Gasteiger charge is 2.20. The van der Waals surface area contributed by atoms with Crippen molar-refractivity contribution in [2.24, 2.45) is 5.92 Å². The summed E-state index contributed by atoms with van der Waals surface area (Å²) in [7, 11) is 1.61. The van der Waals surface area contributed by atoms with Crippen LogP contribution in [0.5, 0.6) is 0 Å². The molecule has 1 rings (SSSR count). The van der Waals surface area contributed by atoms with Gasteiger partial charge in [0, 0.05) is 18.1 Å². The van der Waals surface area contributed by atoms with Crippen LogP contribution >= 0.6 is 15.9 Å². The second-order valence-electron chi connectivity index (χ2n) is 4.41. The number of carboxylic acids is 1. The zero-order chi connectivity index (χ0) is 13.9. The quantitative estimate of drug-likeness (QED) is 0.929. The van der Waals surface area contributed by atoms with Crippen molar-refractivity contribution in [3.63, 3.8) is 0 Å². The lowest BCUT2D eigenvalue weighted by Gasteiger charge is -2.20. The summed E-state index contributed by atoms with van der Waals surface area (Å²) in [5.74, 6) is -1.67. The molecule has 0 spiro atoms. The van der Waals surface area contributed by atoms with Gasteiger partial charge in [-0.05, 0) is 35.0 Å². The van der Waals surface area contributed by atoms with Gasteiger partial charge in [0.1, 0.15) is 0 Å². The zero-order valence-electron chi connectivity index (χ0n) is 10.6.